The molecule has 26 heavy (non-hydrogen) atoms. The van der Waals surface area contributed by atoms with Gasteiger partial charge >= 0.3 is 0 Å². The molecule has 0 spiro atoms. The third-order valence-electron chi connectivity index (χ3n) is 4.56. The maximum Gasteiger partial charge on any atom is 0.238 e. The van der Waals surface area contributed by atoms with Crippen LogP contribution in [0.1, 0.15) is 29.9 Å². The maximum absolute atomic E-state index is 13.1. The highest BCUT2D eigenvalue weighted by molar-refractivity contribution is 6.92. The summed E-state index contributed by atoms with van der Waals surface area (Å²) in [6.45, 7) is 4.73. The van der Waals surface area contributed by atoms with Crippen molar-refractivity contribution in [2.45, 2.75) is 33.0 Å². The Morgan fingerprint density at radius 2 is 1.77 bits per heavy atom. The standard InChI is InChI=1S/C19H16BFN2O.C2H6/c21-16-8-6-15(7-9-16)17-12-18-19(24)20(10-11-23(18)22-17)13-14-4-2-1-3-5-14;1-2/h1-9,12H,10-11,13H2;1-2H3. The van der Waals surface area contributed by atoms with Gasteiger partial charge in [0.25, 0.3) is 0 Å². The van der Waals surface area contributed by atoms with Gasteiger partial charge in [0.1, 0.15) is 11.5 Å². The van der Waals surface area contributed by atoms with Gasteiger partial charge in [0.2, 0.25) is 6.71 Å². The van der Waals surface area contributed by atoms with Gasteiger partial charge in [-0.1, -0.05) is 49.7 Å². The Kier molecular flexibility index (Phi) is 5.66. The van der Waals surface area contributed by atoms with E-state index in [-0.39, 0.29) is 18.2 Å². The molecule has 132 valence electrons. The van der Waals surface area contributed by atoms with Crippen LogP contribution in [0.2, 0.25) is 6.32 Å². The van der Waals surface area contributed by atoms with Gasteiger partial charge in [0, 0.05) is 12.1 Å². The molecule has 2 aromatic carbocycles. The summed E-state index contributed by atoms with van der Waals surface area (Å²) in [5.41, 5.74) is 3.53. The van der Waals surface area contributed by atoms with Gasteiger partial charge in [-0.25, -0.2) is 4.39 Å². The molecular weight excluding hydrogens is 326 g/mol. The van der Waals surface area contributed by atoms with E-state index < -0.39 is 0 Å². The molecule has 1 aliphatic rings. The molecular formula is C21H22BFN2O. The molecule has 1 aliphatic heterocycles. The van der Waals surface area contributed by atoms with Gasteiger partial charge in [0.05, 0.1) is 11.4 Å². The second-order valence-corrected chi connectivity index (χ2v) is 6.18. The summed E-state index contributed by atoms with van der Waals surface area (Å²) in [6.07, 6.45) is 1.56. The van der Waals surface area contributed by atoms with E-state index in [1.807, 2.05) is 38.1 Å². The fraction of sp³-hybridized carbons (Fsp3) is 0.238. The van der Waals surface area contributed by atoms with Gasteiger partial charge in [0.15, 0.2) is 0 Å². The lowest BCUT2D eigenvalue weighted by atomic mass is 9.39. The van der Waals surface area contributed by atoms with Crippen molar-refractivity contribution >= 4 is 12.4 Å². The van der Waals surface area contributed by atoms with Crippen LogP contribution in [0.4, 0.5) is 4.39 Å². The molecule has 0 atom stereocenters. The molecule has 3 nitrogen and oxygen atoms in total. The Balaban J connectivity index is 0.000000948. The summed E-state index contributed by atoms with van der Waals surface area (Å²) in [7, 11) is 0. The number of halogens is 1. The number of hydrogen-bond acceptors (Lipinski definition) is 2. The Morgan fingerprint density at radius 3 is 2.46 bits per heavy atom. The van der Waals surface area contributed by atoms with Crippen LogP contribution in [0.3, 0.4) is 0 Å². The number of hydrogen-bond donors (Lipinski definition) is 0. The number of carbonyl (C=O) groups excluding carboxylic acids is 1. The summed E-state index contributed by atoms with van der Waals surface area (Å²) >= 11 is 0. The third kappa shape index (κ3) is 3.77. The number of nitrogens with zero attached hydrogens (tertiary/aromatic N) is 2. The molecule has 0 amide bonds. The van der Waals surface area contributed by atoms with E-state index >= 15 is 0 Å². The third-order valence-corrected chi connectivity index (χ3v) is 4.56. The van der Waals surface area contributed by atoms with E-state index in [9.17, 15) is 9.18 Å². The first-order chi connectivity index (χ1) is 12.7. The molecule has 0 unspecified atom stereocenters. The number of aromatic nitrogens is 2. The van der Waals surface area contributed by atoms with Crippen LogP contribution in [0.5, 0.6) is 0 Å². The number of rotatable bonds is 3. The van der Waals surface area contributed by atoms with Crippen molar-refractivity contribution in [3.63, 3.8) is 0 Å². The van der Waals surface area contributed by atoms with E-state index in [4.69, 9.17) is 0 Å². The van der Waals surface area contributed by atoms with Crippen LogP contribution in [-0.2, 0) is 12.9 Å². The minimum atomic E-state index is -0.276. The first-order valence-electron chi connectivity index (χ1n) is 9.12. The zero-order valence-electron chi connectivity index (χ0n) is 15.2. The average molecular weight is 348 g/mol. The second-order valence-electron chi connectivity index (χ2n) is 6.18. The molecule has 0 bridgehead atoms. The van der Waals surface area contributed by atoms with Crippen LogP contribution >= 0.6 is 0 Å². The smallest absolute Gasteiger partial charge is 0.238 e. The average Bonchev–Trinajstić information content (AvgIpc) is 3.12. The largest absolute Gasteiger partial charge is 0.304 e. The lowest BCUT2D eigenvalue weighted by molar-refractivity contribution is 0.105. The number of aryl methyl sites for hydroxylation is 1. The monoisotopic (exact) mass is 348 g/mol. The first-order valence-corrected chi connectivity index (χ1v) is 9.12. The molecule has 5 heteroatoms. The Morgan fingerprint density at radius 1 is 1.08 bits per heavy atom. The predicted molar refractivity (Wildman–Crippen MR) is 104 cm³/mol. The van der Waals surface area contributed by atoms with Crippen molar-refractivity contribution in [1.82, 2.24) is 9.78 Å². The van der Waals surface area contributed by atoms with Gasteiger partial charge in [-0.05, 0) is 43.0 Å². The highest BCUT2D eigenvalue weighted by Crippen LogP contribution is 2.24. The highest BCUT2D eigenvalue weighted by atomic mass is 19.1. The van der Waals surface area contributed by atoms with Crippen molar-refractivity contribution in [1.29, 1.82) is 0 Å². The van der Waals surface area contributed by atoms with Crippen LogP contribution in [-0.4, -0.2) is 22.2 Å². The minimum absolute atomic E-state index is 0.00216. The van der Waals surface area contributed by atoms with Crippen LogP contribution < -0.4 is 0 Å². The van der Waals surface area contributed by atoms with E-state index in [1.165, 1.54) is 17.7 Å². The van der Waals surface area contributed by atoms with Gasteiger partial charge in [-0.15, -0.1) is 0 Å². The minimum Gasteiger partial charge on any atom is -0.304 e. The summed E-state index contributed by atoms with van der Waals surface area (Å²) in [6, 6.07) is 18.1. The zero-order valence-corrected chi connectivity index (χ0v) is 15.2. The van der Waals surface area contributed by atoms with Crippen molar-refractivity contribution in [2.75, 3.05) is 0 Å². The summed E-state index contributed by atoms with van der Waals surface area (Å²) in [4.78, 5) is 12.8. The Labute approximate surface area is 153 Å². The van der Waals surface area contributed by atoms with Crippen molar-refractivity contribution < 1.29 is 9.18 Å². The molecule has 3 aromatic rings. The van der Waals surface area contributed by atoms with E-state index in [0.717, 1.165) is 30.4 Å². The first kappa shape index (κ1) is 18.1. The Hall–Kier alpha value is -2.69. The predicted octanol–water partition coefficient (Wildman–Crippen LogP) is 4.73. The molecule has 0 fully saturated rings. The fourth-order valence-corrected chi connectivity index (χ4v) is 3.26. The Bertz CT molecular complexity index is 875. The summed E-state index contributed by atoms with van der Waals surface area (Å²) in [5.74, 6) is -0.276. The highest BCUT2D eigenvalue weighted by Gasteiger charge is 2.32. The molecule has 0 saturated carbocycles. The molecule has 4 rings (SSSR count). The lowest BCUT2D eigenvalue weighted by Gasteiger charge is -2.19. The quantitative estimate of drug-likeness (QED) is 0.642. The number of carbonyl (C=O) groups is 1. The molecule has 0 N–H and O–H groups in total. The second kappa shape index (κ2) is 8.13. The van der Waals surface area contributed by atoms with E-state index in [0.29, 0.717) is 5.69 Å². The molecule has 0 saturated heterocycles. The lowest BCUT2D eigenvalue weighted by Crippen LogP contribution is -2.36. The van der Waals surface area contributed by atoms with Crippen LogP contribution in [0.25, 0.3) is 11.3 Å². The summed E-state index contributed by atoms with van der Waals surface area (Å²) < 4.78 is 14.9. The summed E-state index contributed by atoms with van der Waals surface area (Å²) in [5, 5.41) is 4.52. The van der Waals surface area contributed by atoms with E-state index in [1.54, 1.807) is 16.8 Å². The molecule has 0 aliphatic carbocycles. The van der Waals surface area contributed by atoms with Gasteiger partial charge < -0.3 is 4.79 Å². The molecule has 2 heterocycles. The van der Waals surface area contributed by atoms with Crippen molar-refractivity contribution in [2.24, 2.45) is 0 Å². The normalized spacial score (nSPS) is 13.0. The van der Waals surface area contributed by atoms with Crippen LogP contribution in [0.15, 0.2) is 60.7 Å². The van der Waals surface area contributed by atoms with E-state index in [2.05, 4.69) is 17.2 Å². The SMILES string of the molecule is CC.O=C1B(Cc2ccccc2)CCn2nc(-c3ccc(F)cc3)cc21. The van der Waals surface area contributed by atoms with Crippen molar-refractivity contribution in [3.05, 3.63) is 77.7 Å². The van der Waals surface area contributed by atoms with Crippen LogP contribution in [0, 0.1) is 5.82 Å². The number of fused-ring (bicyclic) bond motifs is 1. The fourth-order valence-electron chi connectivity index (χ4n) is 3.26. The zero-order chi connectivity index (χ0) is 18.5. The topological polar surface area (TPSA) is 34.9 Å². The molecule has 1 aromatic heterocycles. The number of benzene rings is 2. The molecule has 0 radical (unpaired) electrons. The van der Waals surface area contributed by atoms with Crippen molar-refractivity contribution in [3.8, 4) is 11.3 Å². The van der Waals surface area contributed by atoms with Gasteiger partial charge in [-0.3, -0.25) is 4.68 Å². The maximum atomic E-state index is 13.1. The van der Waals surface area contributed by atoms with Gasteiger partial charge in [-0.2, -0.15) is 5.10 Å².